The van der Waals surface area contributed by atoms with Crippen LogP contribution in [0.3, 0.4) is 0 Å². The quantitative estimate of drug-likeness (QED) is 0.744. The summed E-state index contributed by atoms with van der Waals surface area (Å²) in [6.45, 7) is -0.0941. The van der Waals surface area contributed by atoms with Crippen LogP contribution in [0.5, 0.6) is 5.75 Å². The van der Waals surface area contributed by atoms with Crippen LogP contribution in [0.15, 0.2) is 42.5 Å². The van der Waals surface area contributed by atoms with E-state index in [9.17, 15) is 22.4 Å². The van der Waals surface area contributed by atoms with Crippen LogP contribution in [0.1, 0.15) is 11.1 Å². The standard InChI is InChI=1S/C18H19F4N3O2/c1-25(2)15-8-7-12(9-14(15)19)10-23-17(26)24-11-13-5-3-4-6-16(13)27-18(20,21)22/h3-9H,10-11H2,1-2H3,(H2,23,24,26). The van der Waals surface area contributed by atoms with E-state index < -0.39 is 18.2 Å². The topological polar surface area (TPSA) is 53.6 Å². The predicted molar refractivity (Wildman–Crippen MR) is 92.9 cm³/mol. The van der Waals surface area contributed by atoms with Crippen molar-refractivity contribution in [3.63, 3.8) is 0 Å². The lowest BCUT2D eigenvalue weighted by Gasteiger charge is -2.15. The molecule has 0 fully saturated rings. The summed E-state index contributed by atoms with van der Waals surface area (Å²) in [5, 5.41) is 4.96. The highest BCUT2D eigenvalue weighted by Gasteiger charge is 2.31. The van der Waals surface area contributed by atoms with Crippen molar-refractivity contribution in [3.8, 4) is 5.75 Å². The largest absolute Gasteiger partial charge is 0.573 e. The lowest BCUT2D eigenvalue weighted by molar-refractivity contribution is -0.274. The van der Waals surface area contributed by atoms with E-state index in [1.54, 1.807) is 31.1 Å². The molecule has 9 heteroatoms. The number of nitrogens with one attached hydrogen (secondary N) is 2. The molecule has 146 valence electrons. The van der Waals surface area contributed by atoms with Gasteiger partial charge in [-0.15, -0.1) is 13.2 Å². The molecule has 0 aliphatic carbocycles. The van der Waals surface area contributed by atoms with Gasteiger partial charge < -0.3 is 20.3 Å². The average molecular weight is 385 g/mol. The van der Waals surface area contributed by atoms with Gasteiger partial charge in [-0.05, 0) is 23.8 Å². The molecule has 0 aliphatic heterocycles. The summed E-state index contributed by atoms with van der Waals surface area (Å²) in [7, 11) is 3.42. The first-order chi connectivity index (χ1) is 12.7. The van der Waals surface area contributed by atoms with E-state index >= 15 is 0 Å². The van der Waals surface area contributed by atoms with Crippen molar-refractivity contribution in [1.29, 1.82) is 0 Å². The van der Waals surface area contributed by atoms with E-state index in [1.807, 2.05) is 0 Å². The van der Waals surface area contributed by atoms with Gasteiger partial charge in [0.25, 0.3) is 0 Å². The number of halogens is 4. The number of carbonyl (C=O) groups excluding carboxylic acids is 1. The van der Waals surface area contributed by atoms with Gasteiger partial charge in [-0.1, -0.05) is 24.3 Å². The molecule has 2 aromatic carbocycles. The molecule has 0 atom stereocenters. The molecule has 2 rings (SSSR count). The lowest BCUT2D eigenvalue weighted by atomic mass is 10.2. The Balaban J connectivity index is 1.89. The van der Waals surface area contributed by atoms with Crippen LogP contribution < -0.4 is 20.3 Å². The Morgan fingerprint density at radius 2 is 1.74 bits per heavy atom. The zero-order valence-corrected chi connectivity index (χ0v) is 14.7. The minimum Gasteiger partial charge on any atom is -0.405 e. The van der Waals surface area contributed by atoms with Crippen molar-refractivity contribution in [3.05, 3.63) is 59.4 Å². The third kappa shape index (κ3) is 6.36. The molecule has 0 spiro atoms. The molecule has 0 aliphatic rings. The van der Waals surface area contributed by atoms with Gasteiger partial charge in [-0.25, -0.2) is 9.18 Å². The van der Waals surface area contributed by atoms with Crippen LogP contribution in [-0.2, 0) is 13.1 Å². The Hall–Kier alpha value is -2.97. The summed E-state index contributed by atoms with van der Waals surface area (Å²) < 4.78 is 55.0. The molecular formula is C18H19F4N3O2. The fourth-order valence-corrected chi connectivity index (χ4v) is 2.32. The van der Waals surface area contributed by atoms with Crippen LogP contribution >= 0.6 is 0 Å². The second-order valence-electron chi connectivity index (χ2n) is 5.87. The smallest absolute Gasteiger partial charge is 0.405 e. The molecule has 0 unspecified atom stereocenters. The number of para-hydroxylation sites is 1. The first-order valence-corrected chi connectivity index (χ1v) is 7.97. The van der Waals surface area contributed by atoms with E-state index in [0.29, 0.717) is 11.3 Å². The normalized spacial score (nSPS) is 11.0. The van der Waals surface area contributed by atoms with E-state index in [2.05, 4.69) is 15.4 Å². The molecule has 0 saturated heterocycles. The molecule has 27 heavy (non-hydrogen) atoms. The van der Waals surface area contributed by atoms with Gasteiger partial charge in [0, 0.05) is 32.7 Å². The van der Waals surface area contributed by atoms with E-state index in [0.717, 1.165) is 6.07 Å². The molecular weight excluding hydrogens is 366 g/mol. The summed E-state index contributed by atoms with van der Waals surface area (Å²) in [5.41, 5.74) is 1.14. The number of nitrogens with zero attached hydrogens (tertiary/aromatic N) is 1. The third-order valence-corrected chi connectivity index (χ3v) is 3.58. The number of urea groups is 1. The number of carbonyl (C=O) groups is 1. The van der Waals surface area contributed by atoms with E-state index in [-0.39, 0.29) is 24.4 Å². The number of rotatable bonds is 6. The molecule has 0 saturated carbocycles. The fourth-order valence-electron chi connectivity index (χ4n) is 2.32. The first kappa shape index (κ1) is 20.3. The monoisotopic (exact) mass is 385 g/mol. The van der Waals surface area contributed by atoms with Crippen LogP contribution in [0.4, 0.5) is 28.0 Å². The minimum absolute atomic E-state index is 0.0666. The number of alkyl halides is 3. The maximum atomic E-state index is 13.9. The van der Waals surface area contributed by atoms with Crippen molar-refractivity contribution >= 4 is 11.7 Å². The third-order valence-electron chi connectivity index (χ3n) is 3.58. The number of hydrogen-bond acceptors (Lipinski definition) is 3. The van der Waals surface area contributed by atoms with Gasteiger partial charge in [0.1, 0.15) is 11.6 Å². The number of hydrogen-bond donors (Lipinski definition) is 2. The number of anilines is 1. The molecule has 0 heterocycles. The van der Waals surface area contributed by atoms with Crippen LogP contribution in [0.2, 0.25) is 0 Å². The predicted octanol–water partition coefficient (Wildman–Crippen LogP) is 3.79. The SMILES string of the molecule is CN(C)c1ccc(CNC(=O)NCc2ccccc2OC(F)(F)F)cc1F. The van der Waals surface area contributed by atoms with E-state index in [4.69, 9.17) is 0 Å². The van der Waals surface area contributed by atoms with Gasteiger partial charge in [0.15, 0.2) is 0 Å². The second kappa shape index (κ2) is 8.61. The summed E-state index contributed by atoms with van der Waals surface area (Å²) in [5.74, 6) is -0.801. The summed E-state index contributed by atoms with van der Waals surface area (Å²) in [6, 6.07) is 9.48. The molecule has 2 aromatic rings. The highest BCUT2D eigenvalue weighted by Crippen LogP contribution is 2.26. The molecule has 0 radical (unpaired) electrons. The second-order valence-corrected chi connectivity index (χ2v) is 5.87. The molecule has 2 N–H and O–H groups in total. The zero-order chi connectivity index (χ0) is 20.0. The van der Waals surface area contributed by atoms with Crippen LogP contribution in [0.25, 0.3) is 0 Å². The molecule has 5 nitrogen and oxygen atoms in total. The Morgan fingerprint density at radius 3 is 2.37 bits per heavy atom. The Kier molecular flexibility index (Phi) is 6.49. The van der Waals surface area contributed by atoms with Crippen molar-refractivity contribution in [2.24, 2.45) is 0 Å². The summed E-state index contributed by atoms with van der Waals surface area (Å²) in [4.78, 5) is 13.5. The summed E-state index contributed by atoms with van der Waals surface area (Å²) >= 11 is 0. The number of benzene rings is 2. The minimum atomic E-state index is -4.82. The van der Waals surface area contributed by atoms with Crippen LogP contribution in [-0.4, -0.2) is 26.5 Å². The number of amides is 2. The lowest BCUT2D eigenvalue weighted by Crippen LogP contribution is -2.34. The molecule has 0 aromatic heterocycles. The highest BCUT2D eigenvalue weighted by atomic mass is 19.4. The van der Waals surface area contributed by atoms with E-state index in [1.165, 1.54) is 24.3 Å². The zero-order valence-electron chi connectivity index (χ0n) is 14.7. The van der Waals surface area contributed by atoms with Crippen LogP contribution in [0, 0.1) is 5.82 Å². The Bertz CT molecular complexity index is 794. The Morgan fingerprint density at radius 1 is 1.07 bits per heavy atom. The highest BCUT2D eigenvalue weighted by molar-refractivity contribution is 5.74. The average Bonchev–Trinajstić information content (AvgIpc) is 2.57. The van der Waals surface area contributed by atoms with Crippen molar-refractivity contribution in [2.45, 2.75) is 19.5 Å². The van der Waals surface area contributed by atoms with Gasteiger partial charge >= 0.3 is 12.4 Å². The first-order valence-electron chi connectivity index (χ1n) is 7.97. The number of ether oxygens (including phenoxy) is 1. The van der Waals surface area contributed by atoms with Crippen molar-refractivity contribution in [1.82, 2.24) is 10.6 Å². The van der Waals surface area contributed by atoms with Crippen molar-refractivity contribution < 1.29 is 27.1 Å². The van der Waals surface area contributed by atoms with Gasteiger partial charge in [0.2, 0.25) is 0 Å². The maximum Gasteiger partial charge on any atom is 0.573 e. The fraction of sp³-hybridized carbons (Fsp3) is 0.278. The molecule has 2 amide bonds. The summed E-state index contributed by atoms with van der Waals surface area (Å²) in [6.07, 6.45) is -4.82. The van der Waals surface area contributed by atoms with Gasteiger partial charge in [-0.3, -0.25) is 0 Å². The maximum absolute atomic E-state index is 13.9. The van der Waals surface area contributed by atoms with Crippen molar-refractivity contribution in [2.75, 3.05) is 19.0 Å². The van der Waals surface area contributed by atoms with Gasteiger partial charge in [-0.2, -0.15) is 0 Å². The molecule has 0 bridgehead atoms. The van der Waals surface area contributed by atoms with Gasteiger partial charge in [0.05, 0.1) is 5.69 Å². The Labute approximate surface area is 153 Å².